The molecule has 4 atom stereocenters. The molecule has 1 saturated carbocycles. The highest BCUT2D eigenvalue weighted by atomic mass is 19.1. The van der Waals surface area contributed by atoms with E-state index in [2.05, 4.69) is 32.8 Å². The summed E-state index contributed by atoms with van der Waals surface area (Å²) in [6, 6.07) is 0.650. The average molecular weight is 215 g/mol. The van der Waals surface area contributed by atoms with Crippen molar-refractivity contribution < 1.29 is 4.39 Å². The van der Waals surface area contributed by atoms with E-state index in [0.717, 1.165) is 19.3 Å². The molecule has 0 aromatic heterocycles. The third-order valence-corrected chi connectivity index (χ3v) is 3.91. The van der Waals surface area contributed by atoms with Gasteiger partial charge < -0.3 is 4.90 Å². The fourth-order valence-electron chi connectivity index (χ4n) is 3.08. The second-order valence-corrected chi connectivity index (χ2v) is 5.37. The summed E-state index contributed by atoms with van der Waals surface area (Å²) in [7, 11) is 4.32. The van der Waals surface area contributed by atoms with E-state index in [4.69, 9.17) is 0 Å². The van der Waals surface area contributed by atoms with Crippen molar-refractivity contribution in [3.8, 4) is 0 Å². The van der Waals surface area contributed by atoms with E-state index in [0.29, 0.717) is 17.9 Å². The number of nitrogens with zero attached hydrogens (tertiary/aromatic N) is 1. The summed E-state index contributed by atoms with van der Waals surface area (Å²) in [5, 5.41) is 0. The molecule has 0 N–H and O–H groups in total. The first-order chi connectivity index (χ1) is 7.06. The van der Waals surface area contributed by atoms with Crippen LogP contribution in [0.15, 0.2) is 0 Å². The molecule has 0 aliphatic heterocycles. The quantitative estimate of drug-likeness (QED) is 0.694. The fourth-order valence-corrected chi connectivity index (χ4v) is 3.08. The Morgan fingerprint density at radius 2 is 2.00 bits per heavy atom. The highest BCUT2D eigenvalue weighted by Gasteiger charge is 2.33. The van der Waals surface area contributed by atoms with Gasteiger partial charge in [-0.2, -0.15) is 0 Å². The van der Waals surface area contributed by atoms with Crippen LogP contribution in [0.4, 0.5) is 4.39 Å². The minimum Gasteiger partial charge on any atom is -0.306 e. The van der Waals surface area contributed by atoms with Crippen molar-refractivity contribution in [3.05, 3.63) is 0 Å². The number of alkyl halides is 1. The molecular weight excluding hydrogens is 189 g/mol. The highest BCUT2D eigenvalue weighted by molar-refractivity contribution is 4.85. The summed E-state index contributed by atoms with van der Waals surface area (Å²) < 4.78 is 13.2. The van der Waals surface area contributed by atoms with E-state index in [-0.39, 0.29) is 0 Å². The van der Waals surface area contributed by atoms with Gasteiger partial charge in [-0.05, 0) is 51.6 Å². The summed E-state index contributed by atoms with van der Waals surface area (Å²) in [5.74, 6) is 1.25. The topological polar surface area (TPSA) is 3.24 Å². The lowest BCUT2D eigenvalue weighted by Crippen LogP contribution is -2.41. The highest BCUT2D eigenvalue weighted by Crippen LogP contribution is 2.36. The number of halogens is 1. The summed E-state index contributed by atoms with van der Waals surface area (Å²) in [6.07, 6.45) is 4.57. The lowest BCUT2D eigenvalue weighted by Gasteiger charge is -2.39. The van der Waals surface area contributed by atoms with Crippen LogP contribution in [0, 0.1) is 11.8 Å². The van der Waals surface area contributed by atoms with Crippen molar-refractivity contribution in [1.82, 2.24) is 4.90 Å². The smallest absolute Gasteiger partial charge is 0.100 e. The Bertz CT molecular complexity index is 181. The normalized spacial score (nSPS) is 34.4. The number of hydrogen-bond donors (Lipinski definition) is 0. The van der Waals surface area contributed by atoms with E-state index in [9.17, 15) is 4.39 Å². The van der Waals surface area contributed by atoms with E-state index in [1.165, 1.54) is 12.8 Å². The van der Waals surface area contributed by atoms with Crippen molar-refractivity contribution in [3.63, 3.8) is 0 Å². The number of rotatable bonds is 4. The van der Waals surface area contributed by atoms with Gasteiger partial charge in [0.25, 0.3) is 0 Å². The van der Waals surface area contributed by atoms with Crippen molar-refractivity contribution in [2.45, 2.75) is 58.2 Å². The average Bonchev–Trinajstić information content (AvgIpc) is 2.15. The Kier molecular flexibility index (Phi) is 5.04. The first kappa shape index (κ1) is 13.0. The predicted molar refractivity (Wildman–Crippen MR) is 63.8 cm³/mol. The molecule has 0 amide bonds. The third-order valence-electron chi connectivity index (χ3n) is 3.91. The van der Waals surface area contributed by atoms with E-state index in [1.807, 2.05) is 0 Å². The largest absolute Gasteiger partial charge is 0.306 e. The molecule has 1 aliphatic carbocycles. The van der Waals surface area contributed by atoms with Crippen molar-refractivity contribution in [2.75, 3.05) is 14.1 Å². The standard InChI is InChI=1S/C13H26FN/c1-5-6-13(15(3)4)12-8-7-11(14)9-10(12)2/h10-13H,5-9H2,1-4H3. The lowest BCUT2D eigenvalue weighted by molar-refractivity contribution is 0.0782. The molecule has 1 rings (SSSR count). The molecule has 4 unspecified atom stereocenters. The third kappa shape index (κ3) is 3.44. The Hall–Kier alpha value is -0.110. The molecule has 2 heteroatoms. The van der Waals surface area contributed by atoms with Crippen LogP contribution in [0.2, 0.25) is 0 Å². The van der Waals surface area contributed by atoms with E-state index >= 15 is 0 Å². The predicted octanol–water partition coefficient (Wildman–Crippen LogP) is 3.49. The number of hydrogen-bond acceptors (Lipinski definition) is 1. The molecule has 0 aromatic rings. The van der Waals surface area contributed by atoms with Crippen molar-refractivity contribution in [2.24, 2.45) is 11.8 Å². The van der Waals surface area contributed by atoms with Crippen LogP contribution in [0.25, 0.3) is 0 Å². The van der Waals surface area contributed by atoms with Crippen LogP contribution >= 0.6 is 0 Å². The van der Waals surface area contributed by atoms with Crippen LogP contribution < -0.4 is 0 Å². The molecule has 15 heavy (non-hydrogen) atoms. The molecule has 0 saturated heterocycles. The summed E-state index contributed by atoms with van der Waals surface area (Å²) in [5.41, 5.74) is 0. The Morgan fingerprint density at radius 1 is 1.33 bits per heavy atom. The van der Waals surface area contributed by atoms with Crippen LogP contribution in [0.3, 0.4) is 0 Å². The van der Waals surface area contributed by atoms with Gasteiger partial charge in [0.15, 0.2) is 0 Å². The van der Waals surface area contributed by atoms with Crippen LogP contribution in [-0.2, 0) is 0 Å². The van der Waals surface area contributed by atoms with Gasteiger partial charge in [0.1, 0.15) is 6.17 Å². The van der Waals surface area contributed by atoms with Gasteiger partial charge in [-0.15, -0.1) is 0 Å². The first-order valence-corrected chi connectivity index (χ1v) is 6.36. The monoisotopic (exact) mass is 215 g/mol. The molecule has 0 bridgehead atoms. The zero-order chi connectivity index (χ0) is 11.4. The molecule has 1 aliphatic rings. The Morgan fingerprint density at radius 3 is 2.47 bits per heavy atom. The SMILES string of the molecule is CCCC(C1CCC(F)CC1C)N(C)C. The van der Waals surface area contributed by atoms with Gasteiger partial charge in [-0.25, -0.2) is 4.39 Å². The summed E-state index contributed by atoms with van der Waals surface area (Å²) in [6.45, 7) is 4.46. The first-order valence-electron chi connectivity index (χ1n) is 6.36. The van der Waals surface area contributed by atoms with Gasteiger partial charge in [-0.1, -0.05) is 20.3 Å². The summed E-state index contributed by atoms with van der Waals surface area (Å²) in [4.78, 5) is 2.34. The molecule has 0 heterocycles. The maximum Gasteiger partial charge on any atom is 0.100 e. The zero-order valence-corrected chi connectivity index (χ0v) is 10.7. The van der Waals surface area contributed by atoms with Gasteiger partial charge in [0.05, 0.1) is 0 Å². The Balaban J connectivity index is 2.58. The summed E-state index contributed by atoms with van der Waals surface area (Å²) >= 11 is 0. The van der Waals surface area contributed by atoms with Crippen LogP contribution in [0.5, 0.6) is 0 Å². The Labute approximate surface area is 94.0 Å². The van der Waals surface area contributed by atoms with Gasteiger partial charge >= 0.3 is 0 Å². The molecule has 0 radical (unpaired) electrons. The molecule has 1 nitrogen and oxygen atoms in total. The van der Waals surface area contributed by atoms with Gasteiger partial charge in [0.2, 0.25) is 0 Å². The molecule has 0 spiro atoms. The lowest BCUT2D eigenvalue weighted by atomic mass is 9.74. The maximum absolute atomic E-state index is 13.2. The second kappa shape index (κ2) is 5.83. The van der Waals surface area contributed by atoms with Crippen molar-refractivity contribution in [1.29, 1.82) is 0 Å². The molecule has 90 valence electrons. The van der Waals surface area contributed by atoms with E-state index < -0.39 is 6.17 Å². The van der Waals surface area contributed by atoms with Crippen molar-refractivity contribution >= 4 is 0 Å². The minimum atomic E-state index is -0.541. The second-order valence-electron chi connectivity index (χ2n) is 5.37. The van der Waals surface area contributed by atoms with Crippen LogP contribution in [0.1, 0.15) is 46.0 Å². The maximum atomic E-state index is 13.2. The minimum absolute atomic E-state index is 0.541. The molecule has 0 aromatic carbocycles. The fraction of sp³-hybridized carbons (Fsp3) is 1.00. The molecular formula is C13H26FN. The van der Waals surface area contributed by atoms with E-state index in [1.54, 1.807) is 0 Å². The van der Waals surface area contributed by atoms with Gasteiger partial charge in [0, 0.05) is 6.04 Å². The zero-order valence-electron chi connectivity index (χ0n) is 10.7. The van der Waals surface area contributed by atoms with Crippen LogP contribution in [-0.4, -0.2) is 31.2 Å². The van der Waals surface area contributed by atoms with Gasteiger partial charge in [-0.3, -0.25) is 0 Å². The molecule has 1 fully saturated rings.